The minimum atomic E-state index is -0.0218. The fourth-order valence-corrected chi connectivity index (χ4v) is 5.07. The third-order valence-electron chi connectivity index (χ3n) is 6.34. The van der Waals surface area contributed by atoms with Crippen molar-refractivity contribution in [3.63, 3.8) is 0 Å². The van der Waals surface area contributed by atoms with Crippen LogP contribution in [0.5, 0.6) is 5.75 Å². The highest BCUT2D eigenvalue weighted by atomic mass is 16.5. The molecule has 1 aliphatic carbocycles. The summed E-state index contributed by atoms with van der Waals surface area (Å²) in [5.74, 6) is 1.10. The van der Waals surface area contributed by atoms with Gasteiger partial charge in [0.1, 0.15) is 12.4 Å². The number of rotatable bonds is 3. The predicted molar refractivity (Wildman–Crippen MR) is 115 cm³/mol. The number of allylic oxidation sites excluding steroid dienone is 1. The summed E-state index contributed by atoms with van der Waals surface area (Å²) in [6.45, 7) is 7.70. The summed E-state index contributed by atoms with van der Waals surface area (Å²) in [5, 5.41) is 2.57. The van der Waals surface area contributed by atoms with Gasteiger partial charge in [-0.15, -0.1) is 0 Å². The highest BCUT2D eigenvalue weighted by molar-refractivity contribution is 6.09. The lowest BCUT2D eigenvalue weighted by Gasteiger charge is -2.30. The van der Waals surface area contributed by atoms with Crippen molar-refractivity contribution in [3.8, 4) is 16.9 Å². The first-order valence-electron chi connectivity index (χ1n) is 10.2. The Bertz CT molecular complexity index is 1080. The molecule has 0 unspecified atom stereocenters. The topological polar surface area (TPSA) is 9.23 Å². The Labute approximate surface area is 161 Å². The number of fused-ring (bicyclic) bond motifs is 8. The van der Waals surface area contributed by atoms with Crippen molar-refractivity contribution >= 4 is 16.3 Å². The van der Waals surface area contributed by atoms with Crippen LogP contribution in [0.4, 0.5) is 0 Å². The van der Waals surface area contributed by atoms with E-state index in [1.165, 1.54) is 57.0 Å². The van der Waals surface area contributed by atoms with Crippen LogP contribution >= 0.6 is 0 Å². The molecule has 0 N–H and O–H groups in total. The largest absolute Gasteiger partial charge is 0.488 e. The van der Waals surface area contributed by atoms with E-state index < -0.39 is 0 Å². The molecule has 2 aliphatic rings. The van der Waals surface area contributed by atoms with Crippen LogP contribution in [0.2, 0.25) is 0 Å². The molecule has 27 heavy (non-hydrogen) atoms. The van der Waals surface area contributed by atoms with E-state index in [9.17, 15) is 0 Å². The summed E-state index contributed by atoms with van der Waals surface area (Å²) in [4.78, 5) is 0. The van der Waals surface area contributed by atoms with Crippen LogP contribution in [0.15, 0.2) is 54.6 Å². The molecule has 1 aliphatic heterocycles. The van der Waals surface area contributed by atoms with Gasteiger partial charge in [-0.05, 0) is 52.1 Å². The number of unbranched alkanes of at least 4 members (excludes halogenated alkanes) is 1. The molecule has 0 saturated heterocycles. The molecule has 1 nitrogen and oxygen atoms in total. The van der Waals surface area contributed by atoms with Crippen molar-refractivity contribution in [1.82, 2.24) is 0 Å². The van der Waals surface area contributed by atoms with Crippen LogP contribution in [-0.4, -0.2) is 6.61 Å². The molecular weight excluding hydrogens is 328 g/mol. The zero-order chi connectivity index (χ0) is 18.6. The third-order valence-corrected chi connectivity index (χ3v) is 6.34. The van der Waals surface area contributed by atoms with Gasteiger partial charge in [-0.1, -0.05) is 75.7 Å². The van der Waals surface area contributed by atoms with E-state index in [0.717, 1.165) is 12.2 Å². The van der Waals surface area contributed by atoms with E-state index in [2.05, 4.69) is 75.4 Å². The van der Waals surface area contributed by atoms with Crippen LogP contribution in [0, 0.1) is 0 Å². The Kier molecular flexibility index (Phi) is 3.69. The van der Waals surface area contributed by atoms with Crippen LogP contribution in [0.3, 0.4) is 0 Å². The lowest BCUT2D eigenvalue weighted by atomic mass is 9.76. The van der Waals surface area contributed by atoms with Gasteiger partial charge in [0.15, 0.2) is 0 Å². The standard InChI is InChI=1S/C26H26O/c1-4-5-10-17-15-16-27-25-19-12-7-6-11-18(19)23-20-13-8-9-14-21(20)26(2,3)24(23)22(17)25/h6-9,11-15H,4-5,10,16H2,1-3H3. The SMILES string of the molecule is CCCCC1=CCOc2c1c1c(c3ccccc23)-c2ccccc2C1(C)C. The van der Waals surface area contributed by atoms with Crippen LogP contribution in [0.25, 0.3) is 27.5 Å². The second-order valence-electron chi connectivity index (χ2n) is 8.31. The van der Waals surface area contributed by atoms with Crippen molar-refractivity contribution in [3.05, 3.63) is 71.3 Å². The van der Waals surface area contributed by atoms with Gasteiger partial charge in [0.05, 0.1) is 0 Å². The van der Waals surface area contributed by atoms with E-state index in [1.54, 1.807) is 0 Å². The smallest absolute Gasteiger partial charge is 0.135 e. The number of ether oxygens (including phenoxy) is 1. The van der Waals surface area contributed by atoms with Gasteiger partial charge in [0.2, 0.25) is 0 Å². The molecular formula is C26H26O. The van der Waals surface area contributed by atoms with Gasteiger partial charge < -0.3 is 4.74 Å². The van der Waals surface area contributed by atoms with E-state index in [4.69, 9.17) is 4.74 Å². The summed E-state index contributed by atoms with van der Waals surface area (Å²) in [7, 11) is 0. The molecule has 1 heterocycles. The maximum atomic E-state index is 6.29. The molecule has 0 aromatic heterocycles. The molecule has 0 atom stereocenters. The second kappa shape index (κ2) is 5.99. The summed E-state index contributed by atoms with van der Waals surface area (Å²) in [6.07, 6.45) is 5.88. The molecule has 0 saturated carbocycles. The summed E-state index contributed by atoms with van der Waals surface area (Å²) in [6, 6.07) is 17.7. The predicted octanol–water partition coefficient (Wildman–Crippen LogP) is 7.11. The average molecular weight is 354 g/mol. The van der Waals surface area contributed by atoms with Crippen LogP contribution < -0.4 is 4.74 Å². The first-order chi connectivity index (χ1) is 13.1. The lowest BCUT2D eigenvalue weighted by Crippen LogP contribution is -2.19. The fraction of sp³-hybridized carbons (Fsp3) is 0.308. The third kappa shape index (κ3) is 2.24. The van der Waals surface area contributed by atoms with Crippen molar-refractivity contribution in [2.45, 2.75) is 45.4 Å². The van der Waals surface area contributed by atoms with Crippen LogP contribution in [0.1, 0.15) is 56.7 Å². The first-order valence-corrected chi connectivity index (χ1v) is 10.2. The molecule has 3 aromatic rings. The minimum absolute atomic E-state index is 0.0218. The zero-order valence-electron chi connectivity index (χ0n) is 16.4. The molecule has 0 fully saturated rings. The molecule has 0 bridgehead atoms. The Morgan fingerprint density at radius 1 is 0.926 bits per heavy atom. The summed E-state index contributed by atoms with van der Waals surface area (Å²) >= 11 is 0. The van der Waals surface area contributed by atoms with Gasteiger partial charge in [-0.2, -0.15) is 0 Å². The van der Waals surface area contributed by atoms with Gasteiger partial charge in [-0.3, -0.25) is 0 Å². The number of benzene rings is 3. The highest BCUT2D eigenvalue weighted by Gasteiger charge is 2.41. The molecule has 136 valence electrons. The minimum Gasteiger partial charge on any atom is -0.488 e. The van der Waals surface area contributed by atoms with E-state index >= 15 is 0 Å². The molecule has 5 rings (SSSR count). The Balaban J connectivity index is 1.93. The van der Waals surface area contributed by atoms with Gasteiger partial charge in [0, 0.05) is 16.4 Å². The molecule has 3 aromatic carbocycles. The number of hydrogen-bond acceptors (Lipinski definition) is 1. The number of hydrogen-bond donors (Lipinski definition) is 0. The van der Waals surface area contributed by atoms with Gasteiger partial charge in [0.25, 0.3) is 0 Å². The van der Waals surface area contributed by atoms with Crippen molar-refractivity contribution in [2.75, 3.05) is 6.61 Å². The molecule has 0 radical (unpaired) electrons. The monoisotopic (exact) mass is 354 g/mol. The molecule has 0 amide bonds. The fourth-order valence-electron chi connectivity index (χ4n) is 5.07. The van der Waals surface area contributed by atoms with E-state index in [-0.39, 0.29) is 5.41 Å². The Morgan fingerprint density at radius 2 is 1.67 bits per heavy atom. The molecule has 0 spiro atoms. The van der Waals surface area contributed by atoms with Crippen molar-refractivity contribution in [2.24, 2.45) is 0 Å². The van der Waals surface area contributed by atoms with Gasteiger partial charge in [-0.25, -0.2) is 0 Å². The van der Waals surface area contributed by atoms with Crippen molar-refractivity contribution in [1.29, 1.82) is 0 Å². The normalized spacial score (nSPS) is 16.3. The zero-order valence-corrected chi connectivity index (χ0v) is 16.4. The second-order valence-corrected chi connectivity index (χ2v) is 8.31. The summed E-state index contributed by atoms with van der Waals surface area (Å²) < 4.78 is 6.29. The van der Waals surface area contributed by atoms with E-state index in [1.807, 2.05) is 0 Å². The highest BCUT2D eigenvalue weighted by Crippen LogP contribution is 2.57. The quantitative estimate of drug-likeness (QED) is 0.487. The van der Waals surface area contributed by atoms with Gasteiger partial charge >= 0.3 is 0 Å². The first kappa shape index (κ1) is 16.6. The van der Waals surface area contributed by atoms with E-state index in [0.29, 0.717) is 6.61 Å². The maximum Gasteiger partial charge on any atom is 0.135 e. The Morgan fingerprint density at radius 3 is 2.48 bits per heavy atom. The lowest BCUT2D eigenvalue weighted by molar-refractivity contribution is 0.360. The summed E-state index contributed by atoms with van der Waals surface area (Å²) in [5.41, 5.74) is 8.50. The average Bonchev–Trinajstić information content (AvgIpc) is 2.94. The maximum absolute atomic E-state index is 6.29. The van der Waals surface area contributed by atoms with Crippen molar-refractivity contribution < 1.29 is 4.74 Å². The molecule has 1 heteroatoms. The van der Waals surface area contributed by atoms with Crippen LogP contribution in [-0.2, 0) is 5.41 Å². The Hall–Kier alpha value is -2.54.